The Morgan fingerprint density at radius 1 is 1.25 bits per heavy atom. The van der Waals surface area contributed by atoms with E-state index in [0.29, 0.717) is 11.8 Å². The fraction of sp³-hybridized carbons (Fsp3) is 0.364. The van der Waals surface area contributed by atoms with E-state index in [2.05, 4.69) is 19.1 Å². The second kappa shape index (κ2) is 1.79. The van der Waals surface area contributed by atoms with Gasteiger partial charge in [-0.2, -0.15) is 0 Å². The normalized spacial score (nSPS) is 36.4. The molecule has 0 heterocycles. The summed E-state index contributed by atoms with van der Waals surface area (Å²) in [5.74, 6) is 1.28. The van der Waals surface area contributed by atoms with Crippen LogP contribution in [0.3, 0.4) is 0 Å². The predicted molar refractivity (Wildman–Crippen MR) is 46.5 cm³/mol. The topological polar surface area (TPSA) is 17.1 Å². The van der Waals surface area contributed by atoms with E-state index >= 15 is 0 Å². The summed E-state index contributed by atoms with van der Waals surface area (Å²) < 4.78 is 0. The Labute approximate surface area is 71.5 Å². The Morgan fingerprint density at radius 2 is 1.92 bits per heavy atom. The van der Waals surface area contributed by atoms with E-state index in [-0.39, 0.29) is 5.78 Å². The van der Waals surface area contributed by atoms with Crippen LogP contribution in [0.4, 0.5) is 0 Å². The zero-order chi connectivity index (χ0) is 8.29. The lowest BCUT2D eigenvalue weighted by Gasteiger charge is -2.07. The molecule has 0 aliphatic heterocycles. The van der Waals surface area contributed by atoms with Gasteiger partial charge in [0.15, 0.2) is 5.78 Å². The maximum Gasteiger partial charge on any atom is 0.182 e. The highest BCUT2D eigenvalue weighted by molar-refractivity contribution is 6.10. The summed E-state index contributed by atoms with van der Waals surface area (Å²) in [6.45, 7) is 2.05. The van der Waals surface area contributed by atoms with E-state index in [1.807, 2.05) is 0 Å². The van der Waals surface area contributed by atoms with Gasteiger partial charge in [-0.25, -0.2) is 0 Å². The molecule has 2 atom stereocenters. The summed E-state index contributed by atoms with van der Waals surface area (Å²) in [5, 5.41) is 0. The third kappa shape index (κ3) is 0.544. The minimum absolute atomic E-state index is 0.263. The number of fused-ring (bicyclic) bond motifs is 4. The molecule has 0 fully saturated rings. The molecule has 1 heteroatoms. The Bertz CT molecular complexity index is 368. The largest absolute Gasteiger partial charge is 0.290 e. The van der Waals surface area contributed by atoms with Gasteiger partial charge < -0.3 is 0 Å². The van der Waals surface area contributed by atoms with Crippen LogP contribution >= 0.6 is 0 Å². The van der Waals surface area contributed by atoms with Crippen molar-refractivity contribution in [2.45, 2.75) is 13.3 Å². The zero-order valence-corrected chi connectivity index (χ0v) is 7.00. The van der Waals surface area contributed by atoms with E-state index in [4.69, 9.17) is 0 Å². The van der Waals surface area contributed by atoms with Crippen LogP contribution in [0.2, 0.25) is 0 Å². The zero-order valence-electron chi connectivity index (χ0n) is 7.00. The van der Waals surface area contributed by atoms with Gasteiger partial charge in [-0.3, -0.25) is 4.79 Å². The second-order valence-electron chi connectivity index (χ2n) is 3.85. The Kier molecular flexibility index (Phi) is 0.957. The van der Waals surface area contributed by atoms with Gasteiger partial charge >= 0.3 is 0 Å². The number of hydrogen-bond donors (Lipinski definition) is 0. The molecule has 0 unspecified atom stereocenters. The predicted octanol–water partition coefficient (Wildman–Crippen LogP) is 2.02. The van der Waals surface area contributed by atoms with Gasteiger partial charge in [-0.05, 0) is 30.6 Å². The minimum Gasteiger partial charge on any atom is -0.290 e. The highest BCUT2D eigenvalue weighted by Crippen LogP contribution is 2.49. The quantitative estimate of drug-likeness (QED) is 0.493. The van der Waals surface area contributed by atoms with Crippen LogP contribution in [-0.2, 0) is 4.79 Å². The van der Waals surface area contributed by atoms with Gasteiger partial charge in [0.2, 0.25) is 0 Å². The van der Waals surface area contributed by atoms with Gasteiger partial charge in [-0.15, -0.1) is 0 Å². The molecule has 3 aliphatic carbocycles. The monoisotopic (exact) mass is 158 g/mol. The van der Waals surface area contributed by atoms with Gasteiger partial charge in [0.1, 0.15) is 0 Å². The fourth-order valence-electron chi connectivity index (χ4n) is 2.70. The van der Waals surface area contributed by atoms with Crippen LogP contribution in [0.5, 0.6) is 0 Å². The molecule has 12 heavy (non-hydrogen) atoms. The molecular formula is C11H10O. The number of carbonyl (C=O) groups is 1. The lowest BCUT2D eigenvalue weighted by molar-refractivity contribution is -0.111. The molecule has 3 rings (SSSR count). The summed E-state index contributed by atoms with van der Waals surface area (Å²) in [6.07, 6.45) is 7.38. The summed E-state index contributed by atoms with van der Waals surface area (Å²) in [6, 6.07) is 0. The van der Waals surface area contributed by atoms with E-state index in [1.165, 1.54) is 11.1 Å². The first-order chi connectivity index (χ1) is 5.77. The molecule has 0 radical (unpaired) electrons. The van der Waals surface area contributed by atoms with Crippen molar-refractivity contribution >= 4 is 5.78 Å². The van der Waals surface area contributed by atoms with Crippen LogP contribution in [0.1, 0.15) is 13.3 Å². The van der Waals surface area contributed by atoms with Crippen molar-refractivity contribution in [2.24, 2.45) is 11.8 Å². The Morgan fingerprint density at radius 3 is 2.58 bits per heavy atom. The molecule has 2 bridgehead atoms. The first-order valence-corrected chi connectivity index (χ1v) is 4.43. The average molecular weight is 158 g/mol. The maximum atomic E-state index is 11.5. The lowest BCUT2D eigenvalue weighted by atomic mass is 9.96. The summed E-state index contributed by atoms with van der Waals surface area (Å²) in [4.78, 5) is 11.5. The van der Waals surface area contributed by atoms with Crippen molar-refractivity contribution in [1.29, 1.82) is 0 Å². The highest BCUT2D eigenvalue weighted by atomic mass is 16.1. The maximum absolute atomic E-state index is 11.5. The Balaban J connectivity index is 2.20. The molecule has 0 aromatic rings. The van der Waals surface area contributed by atoms with E-state index in [0.717, 1.165) is 12.0 Å². The molecule has 0 saturated heterocycles. The molecule has 0 N–H and O–H groups in total. The number of hydrogen-bond acceptors (Lipinski definition) is 1. The molecule has 0 aromatic carbocycles. The van der Waals surface area contributed by atoms with Crippen molar-refractivity contribution in [3.63, 3.8) is 0 Å². The molecule has 3 aliphatic rings. The number of rotatable bonds is 0. The molecule has 0 amide bonds. The van der Waals surface area contributed by atoms with E-state index < -0.39 is 0 Å². The SMILES string of the molecule is CC1=CC(=O)C2=C1[C@H]1C=C[C@@H]2C1. The first kappa shape index (κ1) is 6.41. The van der Waals surface area contributed by atoms with Crippen LogP contribution < -0.4 is 0 Å². The summed E-state index contributed by atoms with van der Waals surface area (Å²) >= 11 is 0. The molecule has 60 valence electrons. The van der Waals surface area contributed by atoms with Crippen molar-refractivity contribution in [2.75, 3.05) is 0 Å². The van der Waals surface area contributed by atoms with Crippen molar-refractivity contribution in [3.8, 4) is 0 Å². The molecule has 0 saturated carbocycles. The number of carbonyl (C=O) groups excluding carboxylic acids is 1. The highest BCUT2D eigenvalue weighted by Gasteiger charge is 2.40. The van der Waals surface area contributed by atoms with E-state index in [9.17, 15) is 4.79 Å². The van der Waals surface area contributed by atoms with Crippen LogP contribution in [0.15, 0.2) is 34.9 Å². The smallest absolute Gasteiger partial charge is 0.182 e. The summed E-state index contributed by atoms with van der Waals surface area (Å²) in [7, 11) is 0. The van der Waals surface area contributed by atoms with Gasteiger partial charge in [0.25, 0.3) is 0 Å². The second-order valence-corrected chi connectivity index (χ2v) is 3.85. The van der Waals surface area contributed by atoms with E-state index in [1.54, 1.807) is 6.08 Å². The standard InChI is InChI=1S/C11H10O/c1-6-4-9(12)11-8-3-2-7(5-8)10(6)11/h2-4,7-8H,5H2,1H3/t7-,8+/m0/s1. The van der Waals surface area contributed by atoms with Crippen molar-refractivity contribution in [3.05, 3.63) is 34.9 Å². The number of allylic oxidation sites excluding steroid dienone is 6. The van der Waals surface area contributed by atoms with Crippen LogP contribution in [-0.4, -0.2) is 5.78 Å². The first-order valence-electron chi connectivity index (χ1n) is 4.43. The van der Waals surface area contributed by atoms with Crippen molar-refractivity contribution < 1.29 is 4.79 Å². The van der Waals surface area contributed by atoms with Crippen molar-refractivity contribution in [1.82, 2.24) is 0 Å². The molecule has 1 nitrogen and oxygen atoms in total. The third-order valence-corrected chi connectivity index (χ3v) is 3.15. The number of ketones is 1. The molecular weight excluding hydrogens is 148 g/mol. The van der Waals surface area contributed by atoms with Gasteiger partial charge in [0, 0.05) is 17.4 Å². The van der Waals surface area contributed by atoms with Gasteiger partial charge in [-0.1, -0.05) is 12.2 Å². The Hall–Kier alpha value is -1.11. The minimum atomic E-state index is 0.263. The van der Waals surface area contributed by atoms with Crippen LogP contribution in [0.25, 0.3) is 0 Å². The fourth-order valence-corrected chi connectivity index (χ4v) is 2.70. The average Bonchev–Trinajstić information content (AvgIpc) is 2.64. The molecule has 0 spiro atoms. The summed E-state index contributed by atoms with van der Waals surface area (Å²) in [5.41, 5.74) is 3.64. The molecule has 0 aromatic heterocycles. The van der Waals surface area contributed by atoms with Gasteiger partial charge in [0.05, 0.1) is 0 Å². The third-order valence-electron chi connectivity index (χ3n) is 3.15. The van der Waals surface area contributed by atoms with Crippen LogP contribution in [0, 0.1) is 11.8 Å². The lowest BCUT2D eigenvalue weighted by Crippen LogP contribution is -2.02.